The molecular formula is C23H23NO4. The van der Waals surface area contributed by atoms with Gasteiger partial charge in [-0.2, -0.15) is 0 Å². The second kappa shape index (κ2) is 6.30. The van der Waals surface area contributed by atoms with Crippen molar-refractivity contribution < 1.29 is 19.0 Å². The minimum Gasteiger partial charge on any atom is -0.497 e. The van der Waals surface area contributed by atoms with Gasteiger partial charge in [0.1, 0.15) is 5.75 Å². The Hall–Kier alpha value is -2.95. The Morgan fingerprint density at radius 1 is 0.857 bits per heavy atom. The first-order valence-electron chi connectivity index (χ1n) is 9.61. The van der Waals surface area contributed by atoms with Crippen LogP contribution >= 0.6 is 0 Å². The zero-order chi connectivity index (χ0) is 19.4. The number of methoxy groups -OCH3 is 3. The topological polar surface area (TPSA) is 48.0 Å². The summed E-state index contributed by atoms with van der Waals surface area (Å²) in [6.45, 7) is 0.660. The van der Waals surface area contributed by atoms with Crippen LogP contribution in [0.4, 0.5) is 0 Å². The molecule has 0 N–H and O–H groups in total. The molecule has 0 radical (unpaired) electrons. The normalized spacial score (nSPS) is 18.3. The van der Waals surface area contributed by atoms with Crippen molar-refractivity contribution in [3.63, 3.8) is 0 Å². The maximum Gasteiger partial charge on any atom is 0.223 e. The molecule has 0 bridgehead atoms. The number of carbonyl (C=O) groups is 1. The summed E-state index contributed by atoms with van der Waals surface area (Å²) in [5.74, 6) is 2.50. The van der Waals surface area contributed by atoms with Crippen LogP contribution in [0.15, 0.2) is 30.3 Å². The Bertz CT molecular complexity index is 1120. The number of benzene rings is 3. The second-order valence-electron chi connectivity index (χ2n) is 7.54. The summed E-state index contributed by atoms with van der Waals surface area (Å²) in [4.78, 5) is 14.4. The van der Waals surface area contributed by atoms with E-state index < -0.39 is 0 Å². The van der Waals surface area contributed by atoms with Crippen molar-refractivity contribution in [2.75, 3.05) is 21.3 Å². The van der Waals surface area contributed by atoms with Crippen LogP contribution in [0.1, 0.15) is 24.0 Å². The zero-order valence-corrected chi connectivity index (χ0v) is 16.4. The molecule has 144 valence electrons. The summed E-state index contributed by atoms with van der Waals surface area (Å²) in [6.07, 6.45) is 2.49. The van der Waals surface area contributed by atoms with Crippen LogP contribution in [0.5, 0.6) is 17.2 Å². The summed E-state index contributed by atoms with van der Waals surface area (Å²) in [7, 11) is 4.99. The fourth-order valence-electron chi connectivity index (χ4n) is 4.86. The van der Waals surface area contributed by atoms with Gasteiger partial charge in [-0.25, -0.2) is 0 Å². The van der Waals surface area contributed by atoms with E-state index in [0.29, 0.717) is 30.5 Å². The summed E-state index contributed by atoms with van der Waals surface area (Å²) < 4.78 is 16.6. The van der Waals surface area contributed by atoms with Crippen molar-refractivity contribution in [1.82, 2.24) is 4.90 Å². The average molecular weight is 377 g/mol. The van der Waals surface area contributed by atoms with Crippen molar-refractivity contribution >= 4 is 27.5 Å². The van der Waals surface area contributed by atoms with Gasteiger partial charge in [-0.05, 0) is 69.8 Å². The molecule has 2 aliphatic rings. The van der Waals surface area contributed by atoms with Crippen LogP contribution in [0, 0.1) is 0 Å². The minimum atomic E-state index is 0.263. The Balaban J connectivity index is 1.88. The quantitative estimate of drug-likeness (QED) is 0.646. The van der Waals surface area contributed by atoms with E-state index in [0.717, 1.165) is 34.7 Å². The maximum absolute atomic E-state index is 12.4. The lowest BCUT2D eigenvalue weighted by atomic mass is 9.85. The van der Waals surface area contributed by atoms with Crippen LogP contribution in [0.3, 0.4) is 0 Å². The van der Waals surface area contributed by atoms with Crippen LogP contribution in [-0.4, -0.2) is 38.2 Å². The van der Waals surface area contributed by atoms with Crippen molar-refractivity contribution in [3.8, 4) is 17.2 Å². The molecule has 1 atom stereocenters. The lowest BCUT2D eigenvalue weighted by Gasteiger charge is -2.33. The van der Waals surface area contributed by atoms with Gasteiger partial charge in [-0.15, -0.1) is 0 Å². The van der Waals surface area contributed by atoms with Crippen LogP contribution in [0.25, 0.3) is 21.5 Å². The third-order valence-corrected chi connectivity index (χ3v) is 6.28. The minimum absolute atomic E-state index is 0.263. The third-order valence-electron chi connectivity index (χ3n) is 6.28. The highest BCUT2D eigenvalue weighted by molar-refractivity contribution is 6.12. The van der Waals surface area contributed by atoms with Gasteiger partial charge >= 0.3 is 0 Å². The van der Waals surface area contributed by atoms with Gasteiger partial charge in [0.25, 0.3) is 0 Å². The molecule has 5 nitrogen and oxygen atoms in total. The Labute approximate surface area is 163 Å². The number of fused-ring (bicyclic) bond motifs is 7. The third kappa shape index (κ3) is 2.35. The van der Waals surface area contributed by atoms with Gasteiger partial charge in [-0.1, -0.05) is 6.07 Å². The Morgan fingerprint density at radius 2 is 1.57 bits per heavy atom. The number of hydrogen-bond donors (Lipinski definition) is 0. The molecule has 1 fully saturated rings. The number of nitrogens with zero attached hydrogens (tertiary/aromatic N) is 1. The van der Waals surface area contributed by atoms with E-state index in [2.05, 4.69) is 12.1 Å². The highest BCUT2D eigenvalue weighted by Crippen LogP contribution is 2.44. The van der Waals surface area contributed by atoms with Crippen molar-refractivity contribution in [3.05, 3.63) is 41.5 Å². The van der Waals surface area contributed by atoms with Crippen molar-refractivity contribution in [2.24, 2.45) is 0 Å². The van der Waals surface area contributed by atoms with E-state index in [1.165, 1.54) is 16.5 Å². The molecule has 5 rings (SSSR count). The number of ether oxygens (including phenoxy) is 3. The van der Waals surface area contributed by atoms with E-state index in [-0.39, 0.29) is 5.91 Å². The van der Waals surface area contributed by atoms with Crippen molar-refractivity contribution in [1.29, 1.82) is 0 Å². The second-order valence-corrected chi connectivity index (χ2v) is 7.54. The molecule has 0 spiro atoms. The average Bonchev–Trinajstić information content (AvgIpc) is 3.11. The monoisotopic (exact) mass is 377 g/mol. The Kier molecular flexibility index (Phi) is 3.86. The van der Waals surface area contributed by atoms with Gasteiger partial charge < -0.3 is 19.1 Å². The van der Waals surface area contributed by atoms with Crippen LogP contribution < -0.4 is 14.2 Å². The highest BCUT2D eigenvalue weighted by Gasteiger charge is 2.36. The van der Waals surface area contributed by atoms with E-state index in [9.17, 15) is 4.79 Å². The predicted molar refractivity (Wildman–Crippen MR) is 108 cm³/mol. The standard InChI is InChI=1S/C23H23NO4/c1-26-14-5-6-15-16-8-13-4-7-23(25)24(13)12-20(16)19-11-22(28-3)21(27-2)10-18(19)17(15)9-14/h5-6,9-11,13H,4,7-8,12H2,1-3H3. The highest BCUT2D eigenvalue weighted by atomic mass is 16.5. The molecule has 3 aromatic rings. The van der Waals surface area contributed by atoms with Crippen LogP contribution in [0.2, 0.25) is 0 Å². The molecule has 28 heavy (non-hydrogen) atoms. The molecule has 1 unspecified atom stereocenters. The SMILES string of the molecule is COc1ccc2c3c(c4cc(OC)c(OC)cc4c2c1)CN1C(=O)CCC1C3. The zero-order valence-electron chi connectivity index (χ0n) is 16.4. The largest absolute Gasteiger partial charge is 0.497 e. The fourth-order valence-corrected chi connectivity index (χ4v) is 4.86. The first-order chi connectivity index (χ1) is 13.6. The number of rotatable bonds is 3. The van der Waals surface area contributed by atoms with Gasteiger partial charge in [0.2, 0.25) is 5.91 Å². The molecule has 5 heteroatoms. The molecular weight excluding hydrogens is 354 g/mol. The smallest absolute Gasteiger partial charge is 0.223 e. The summed E-state index contributed by atoms with van der Waals surface area (Å²) in [5, 5.41) is 4.59. The number of amides is 1. The Morgan fingerprint density at radius 3 is 2.29 bits per heavy atom. The lowest BCUT2D eigenvalue weighted by molar-refractivity contribution is -0.129. The molecule has 1 saturated heterocycles. The first kappa shape index (κ1) is 17.2. The molecule has 0 aromatic heterocycles. The van der Waals surface area contributed by atoms with Gasteiger partial charge in [0, 0.05) is 19.0 Å². The summed E-state index contributed by atoms with van der Waals surface area (Å²) >= 11 is 0. The summed E-state index contributed by atoms with van der Waals surface area (Å²) in [5.41, 5.74) is 2.56. The van der Waals surface area contributed by atoms with Crippen LogP contribution in [-0.2, 0) is 17.8 Å². The van der Waals surface area contributed by atoms with Crippen molar-refractivity contribution in [2.45, 2.75) is 31.8 Å². The number of hydrogen-bond acceptors (Lipinski definition) is 4. The molecule has 3 aromatic carbocycles. The first-order valence-corrected chi connectivity index (χ1v) is 9.61. The number of carbonyl (C=O) groups excluding carboxylic acids is 1. The fraction of sp³-hybridized carbons (Fsp3) is 0.348. The van der Waals surface area contributed by atoms with E-state index in [4.69, 9.17) is 14.2 Å². The lowest BCUT2D eigenvalue weighted by Crippen LogP contribution is -2.38. The molecule has 1 amide bonds. The molecule has 0 aliphatic carbocycles. The molecule has 2 aliphatic heterocycles. The molecule has 0 saturated carbocycles. The van der Waals surface area contributed by atoms with E-state index >= 15 is 0 Å². The van der Waals surface area contributed by atoms with Gasteiger partial charge in [0.15, 0.2) is 11.5 Å². The van der Waals surface area contributed by atoms with E-state index in [1.807, 2.05) is 23.1 Å². The molecule has 2 heterocycles. The van der Waals surface area contributed by atoms with E-state index in [1.54, 1.807) is 21.3 Å². The summed E-state index contributed by atoms with van der Waals surface area (Å²) in [6, 6.07) is 10.6. The predicted octanol–water partition coefficient (Wildman–Crippen LogP) is 4.07. The van der Waals surface area contributed by atoms with Gasteiger partial charge in [-0.3, -0.25) is 4.79 Å². The maximum atomic E-state index is 12.4. The van der Waals surface area contributed by atoms with Gasteiger partial charge in [0.05, 0.1) is 21.3 Å².